The van der Waals surface area contributed by atoms with E-state index in [4.69, 9.17) is 28.3 Å². The van der Waals surface area contributed by atoms with Gasteiger partial charge in [-0.15, -0.1) is 5.10 Å². The maximum Gasteiger partial charge on any atom is 0.254 e. The molecule has 2 N–H and O–H groups in total. The topological polar surface area (TPSA) is 115 Å². The van der Waals surface area contributed by atoms with Gasteiger partial charge in [-0.05, 0) is 23.8 Å². The molecule has 0 saturated carbocycles. The number of carbonyl (C=O) groups is 1. The molecule has 34 heavy (non-hydrogen) atoms. The van der Waals surface area contributed by atoms with E-state index >= 15 is 0 Å². The summed E-state index contributed by atoms with van der Waals surface area (Å²) in [4.78, 5) is 30.5. The van der Waals surface area contributed by atoms with Crippen LogP contribution >= 0.6 is 23.2 Å². The Labute approximate surface area is 204 Å². The number of rotatable bonds is 8. The molecule has 9 nitrogen and oxygen atoms in total. The maximum absolute atomic E-state index is 13.2. The fourth-order valence-corrected chi connectivity index (χ4v) is 3.82. The number of benzene rings is 2. The molecule has 0 bridgehead atoms. The molecule has 0 spiro atoms. The van der Waals surface area contributed by atoms with E-state index in [-0.39, 0.29) is 24.7 Å². The van der Waals surface area contributed by atoms with Crippen molar-refractivity contribution in [2.75, 3.05) is 13.2 Å². The lowest BCUT2D eigenvalue weighted by molar-refractivity contribution is -0.124. The van der Waals surface area contributed by atoms with Crippen LogP contribution in [-0.4, -0.2) is 48.7 Å². The number of hydrogen-bond acceptors (Lipinski definition) is 6. The Bertz CT molecular complexity index is 1360. The summed E-state index contributed by atoms with van der Waals surface area (Å²) in [6.45, 7) is -0.129. The average Bonchev–Trinajstić information content (AvgIpc) is 3.27. The minimum atomic E-state index is -0.851. The summed E-state index contributed by atoms with van der Waals surface area (Å²) < 4.78 is 2.74. The molecule has 0 radical (unpaired) electrons. The lowest BCUT2D eigenvalue weighted by Gasteiger charge is -2.19. The molecule has 1 unspecified atom stereocenters. The normalized spacial score (nSPS) is 11.9. The third-order valence-electron chi connectivity index (χ3n) is 5.10. The first kappa shape index (κ1) is 23.6. The Balaban J connectivity index is 1.74. The van der Waals surface area contributed by atoms with Gasteiger partial charge < -0.3 is 10.4 Å². The smallest absolute Gasteiger partial charge is 0.254 e. The van der Waals surface area contributed by atoms with Crippen molar-refractivity contribution in [1.82, 2.24) is 29.9 Å². The van der Waals surface area contributed by atoms with Gasteiger partial charge in [-0.3, -0.25) is 14.2 Å². The summed E-state index contributed by atoms with van der Waals surface area (Å²) in [5.41, 5.74) is 1.92. The van der Waals surface area contributed by atoms with Gasteiger partial charge in [0, 0.05) is 29.6 Å². The third-order valence-corrected chi connectivity index (χ3v) is 5.51. The van der Waals surface area contributed by atoms with Crippen molar-refractivity contribution < 1.29 is 9.90 Å². The van der Waals surface area contributed by atoms with Crippen molar-refractivity contribution in [2.24, 2.45) is 0 Å². The maximum atomic E-state index is 13.2. The molecule has 1 atom stereocenters. The van der Waals surface area contributed by atoms with Gasteiger partial charge in [0.25, 0.3) is 5.56 Å². The molecule has 0 aliphatic carbocycles. The van der Waals surface area contributed by atoms with Gasteiger partial charge in [0.15, 0.2) is 5.15 Å². The van der Waals surface area contributed by atoms with Gasteiger partial charge in [0.05, 0.1) is 30.5 Å². The quantitative estimate of drug-likeness (QED) is 0.385. The van der Waals surface area contributed by atoms with Crippen LogP contribution in [0, 0.1) is 0 Å². The number of aliphatic hydroxyl groups is 1. The minimum Gasteiger partial charge on any atom is -0.395 e. The first-order valence-electron chi connectivity index (χ1n) is 10.3. The lowest BCUT2D eigenvalue weighted by Crippen LogP contribution is -2.39. The largest absolute Gasteiger partial charge is 0.395 e. The molecule has 2 aromatic heterocycles. The molecule has 4 rings (SSSR count). The van der Waals surface area contributed by atoms with E-state index < -0.39 is 17.5 Å². The molecule has 1 amide bonds. The highest BCUT2D eigenvalue weighted by Gasteiger charge is 2.23. The molecular formula is C23H20Cl2N6O3. The van der Waals surface area contributed by atoms with E-state index in [2.05, 4.69) is 20.6 Å². The Kier molecular flexibility index (Phi) is 7.36. The molecule has 0 saturated heterocycles. The van der Waals surface area contributed by atoms with Crippen LogP contribution in [0.2, 0.25) is 10.2 Å². The molecule has 2 heterocycles. The van der Waals surface area contributed by atoms with Crippen LogP contribution in [0.1, 0.15) is 11.6 Å². The Morgan fingerprint density at radius 1 is 1.12 bits per heavy atom. The van der Waals surface area contributed by atoms with Gasteiger partial charge in [-0.25, -0.2) is 9.67 Å². The van der Waals surface area contributed by atoms with Gasteiger partial charge in [-0.1, -0.05) is 58.7 Å². The first-order chi connectivity index (χ1) is 16.5. The Morgan fingerprint density at radius 3 is 2.59 bits per heavy atom. The fraction of sp³-hybridized carbons (Fsp3) is 0.174. The molecule has 0 aliphatic rings. The van der Waals surface area contributed by atoms with Crippen LogP contribution in [0.25, 0.3) is 16.9 Å². The highest BCUT2D eigenvalue weighted by Crippen LogP contribution is 2.28. The fourth-order valence-electron chi connectivity index (χ4n) is 3.52. The van der Waals surface area contributed by atoms with Crippen molar-refractivity contribution in [1.29, 1.82) is 0 Å². The second-order valence-electron chi connectivity index (χ2n) is 7.39. The zero-order valence-corrected chi connectivity index (χ0v) is 19.3. The standard InChI is InChI=1S/C23H20Cl2N6O3/c24-16-6-7-19(31-13-21(25)28-29-31)17(11-16)18-12-22(33)30(14-27-18)20(23(34)26-8-9-32)10-15-4-2-1-3-5-15/h1-7,11-14,20,32H,8-10H2,(H,26,34). The van der Waals surface area contributed by atoms with E-state index in [9.17, 15) is 9.59 Å². The average molecular weight is 499 g/mol. The number of amides is 1. The predicted molar refractivity (Wildman–Crippen MR) is 128 cm³/mol. The Hall–Kier alpha value is -3.53. The number of nitrogens with one attached hydrogen (secondary N) is 1. The number of carbonyl (C=O) groups excluding carboxylic acids is 1. The van der Waals surface area contributed by atoms with Gasteiger partial charge in [0.2, 0.25) is 5.91 Å². The summed E-state index contributed by atoms with van der Waals surface area (Å²) in [5, 5.41) is 20.1. The SMILES string of the molecule is O=C(NCCO)C(Cc1ccccc1)n1cnc(-c2cc(Cl)ccc2-n2cc(Cl)nn2)cc1=O. The number of aromatic nitrogens is 5. The number of hydrogen-bond donors (Lipinski definition) is 2. The van der Waals surface area contributed by atoms with Crippen LogP contribution in [0.15, 0.2) is 71.9 Å². The van der Waals surface area contributed by atoms with Crippen LogP contribution in [0.5, 0.6) is 0 Å². The van der Waals surface area contributed by atoms with E-state index in [0.717, 1.165) is 5.56 Å². The van der Waals surface area contributed by atoms with Crippen molar-refractivity contribution >= 4 is 29.1 Å². The molecule has 4 aromatic rings. The second kappa shape index (κ2) is 10.6. The van der Waals surface area contributed by atoms with Gasteiger partial charge in [-0.2, -0.15) is 0 Å². The highest BCUT2D eigenvalue weighted by molar-refractivity contribution is 6.31. The summed E-state index contributed by atoms with van der Waals surface area (Å²) in [6, 6.07) is 14.9. The van der Waals surface area contributed by atoms with Crippen LogP contribution in [-0.2, 0) is 11.2 Å². The predicted octanol–water partition coefficient (Wildman–Crippen LogP) is 2.69. The zero-order chi connectivity index (χ0) is 24.1. The molecule has 11 heteroatoms. The highest BCUT2D eigenvalue weighted by atomic mass is 35.5. The van der Waals surface area contributed by atoms with E-state index in [0.29, 0.717) is 22.0 Å². The Morgan fingerprint density at radius 2 is 1.91 bits per heavy atom. The van der Waals surface area contributed by atoms with E-state index in [1.54, 1.807) is 18.2 Å². The van der Waals surface area contributed by atoms with Gasteiger partial charge in [0.1, 0.15) is 6.04 Å². The first-order valence-corrected chi connectivity index (χ1v) is 11.1. The number of aliphatic hydroxyl groups excluding tert-OH is 1. The third kappa shape index (κ3) is 5.33. The minimum absolute atomic E-state index is 0.0801. The lowest BCUT2D eigenvalue weighted by atomic mass is 10.0. The summed E-state index contributed by atoms with van der Waals surface area (Å²) in [5.74, 6) is -0.393. The summed E-state index contributed by atoms with van der Waals surface area (Å²) >= 11 is 12.1. The molecule has 0 fully saturated rings. The summed E-state index contributed by atoms with van der Waals surface area (Å²) in [6.07, 6.45) is 3.14. The van der Waals surface area contributed by atoms with Crippen molar-refractivity contribution in [3.05, 3.63) is 93.2 Å². The molecule has 0 aliphatic heterocycles. The van der Waals surface area contributed by atoms with Crippen LogP contribution in [0.4, 0.5) is 0 Å². The van der Waals surface area contributed by atoms with Crippen molar-refractivity contribution in [3.8, 4) is 16.9 Å². The number of nitrogens with zero attached hydrogens (tertiary/aromatic N) is 5. The monoisotopic (exact) mass is 498 g/mol. The van der Waals surface area contributed by atoms with E-state index in [1.807, 2.05) is 30.3 Å². The number of halogens is 2. The van der Waals surface area contributed by atoms with E-state index in [1.165, 1.54) is 27.8 Å². The van der Waals surface area contributed by atoms with Crippen LogP contribution < -0.4 is 10.9 Å². The molecule has 174 valence electrons. The second-order valence-corrected chi connectivity index (χ2v) is 8.21. The summed E-state index contributed by atoms with van der Waals surface area (Å²) in [7, 11) is 0. The van der Waals surface area contributed by atoms with Crippen LogP contribution in [0.3, 0.4) is 0 Å². The van der Waals surface area contributed by atoms with Crippen molar-refractivity contribution in [2.45, 2.75) is 12.5 Å². The van der Waals surface area contributed by atoms with Gasteiger partial charge >= 0.3 is 0 Å². The van der Waals surface area contributed by atoms with Crippen molar-refractivity contribution in [3.63, 3.8) is 0 Å². The molecular weight excluding hydrogens is 479 g/mol. The molecule has 2 aromatic carbocycles. The zero-order valence-electron chi connectivity index (χ0n) is 17.8.